The summed E-state index contributed by atoms with van der Waals surface area (Å²) in [5.41, 5.74) is 2.93. The Labute approximate surface area is 123 Å². The Balaban J connectivity index is 2.43. The Morgan fingerprint density at radius 1 is 1.10 bits per heavy atom. The highest BCUT2D eigenvalue weighted by Gasteiger charge is 2.10. The van der Waals surface area contributed by atoms with Gasteiger partial charge in [-0.3, -0.25) is 9.59 Å². The molecule has 0 unspecified atom stereocenters. The Kier molecular flexibility index (Phi) is 6.64. The fourth-order valence-electron chi connectivity index (χ4n) is 1.50. The van der Waals surface area contributed by atoms with E-state index in [1.54, 1.807) is 6.92 Å². The van der Waals surface area contributed by atoms with E-state index < -0.39 is 0 Å². The summed E-state index contributed by atoms with van der Waals surface area (Å²) in [6.07, 6.45) is 0.343. The van der Waals surface area contributed by atoms with Crippen molar-refractivity contribution in [2.75, 3.05) is 12.4 Å². The van der Waals surface area contributed by atoms with E-state index >= 15 is 0 Å². The molecule has 0 bridgehead atoms. The summed E-state index contributed by atoms with van der Waals surface area (Å²) in [5, 5.41) is 0.607. The van der Waals surface area contributed by atoms with Crippen LogP contribution < -0.4 is 0 Å². The molecular weight excluding hydrogens is 276 g/mol. The second-order valence-corrected chi connectivity index (χ2v) is 5.38. The molecule has 0 aliphatic heterocycles. The molecule has 0 saturated heterocycles. The number of Topliss-reactive ketones (excluding diaryl/α,β-unsaturated/α-hetero) is 1. The molecule has 1 aromatic rings. The van der Waals surface area contributed by atoms with E-state index in [0.29, 0.717) is 11.8 Å². The smallest absolute Gasteiger partial charge is 0.306 e. The van der Waals surface area contributed by atoms with Gasteiger partial charge in [0.2, 0.25) is 0 Å². The highest BCUT2D eigenvalue weighted by Crippen LogP contribution is 2.17. The van der Waals surface area contributed by atoms with E-state index in [1.807, 2.05) is 20.8 Å². The number of hydrogen-bond acceptors (Lipinski definition) is 6. The van der Waals surface area contributed by atoms with Crippen LogP contribution in [0.25, 0.3) is 0 Å². The van der Waals surface area contributed by atoms with Gasteiger partial charge in [0, 0.05) is 17.8 Å². The predicted molar refractivity (Wildman–Crippen MR) is 77.8 cm³/mol. The van der Waals surface area contributed by atoms with Crippen LogP contribution in [0.5, 0.6) is 0 Å². The summed E-state index contributed by atoms with van der Waals surface area (Å²) in [5.74, 6) is -0.0481. The number of aromatic nitrogens is 2. The van der Waals surface area contributed by atoms with Crippen LogP contribution in [-0.2, 0) is 14.3 Å². The summed E-state index contributed by atoms with van der Waals surface area (Å²) >= 11 is 1.31. The zero-order valence-corrected chi connectivity index (χ0v) is 13.2. The minimum absolute atomic E-state index is 0.00235. The molecule has 0 N–H and O–H groups in total. The van der Waals surface area contributed by atoms with E-state index in [0.717, 1.165) is 17.0 Å². The Morgan fingerprint density at radius 3 is 2.25 bits per heavy atom. The van der Waals surface area contributed by atoms with Crippen molar-refractivity contribution in [1.82, 2.24) is 9.97 Å². The molecule has 0 amide bonds. The lowest BCUT2D eigenvalue weighted by atomic mass is 10.2. The molecule has 1 aromatic heterocycles. The zero-order chi connectivity index (χ0) is 15.1. The first-order valence-corrected chi connectivity index (χ1v) is 7.54. The zero-order valence-electron chi connectivity index (χ0n) is 12.4. The average molecular weight is 296 g/mol. The normalized spacial score (nSPS) is 10.4. The molecule has 0 aromatic carbocycles. The lowest BCUT2D eigenvalue weighted by molar-refractivity contribution is -0.144. The number of rotatable bonds is 7. The molecule has 6 heteroatoms. The van der Waals surface area contributed by atoms with Gasteiger partial charge >= 0.3 is 5.97 Å². The van der Waals surface area contributed by atoms with Gasteiger partial charge in [0.15, 0.2) is 5.16 Å². The molecule has 20 heavy (non-hydrogen) atoms. The minimum atomic E-state index is -0.330. The Hall–Kier alpha value is -1.43. The summed E-state index contributed by atoms with van der Waals surface area (Å²) in [6, 6.07) is 0. The summed E-state index contributed by atoms with van der Waals surface area (Å²) < 4.78 is 4.78. The fraction of sp³-hybridized carbons (Fsp3) is 0.571. The number of ether oxygens (including phenoxy) is 1. The second-order valence-electron chi connectivity index (χ2n) is 4.43. The number of carbonyl (C=O) groups is 2. The van der Waals surface area contributed by atoms with E-state index in [2.05, 4.69) is 9.97 Å². The largest absolute Gasteiger partial charge is 0.466 e. The van der Waals surface area contributed by atoms with Gasteiger partial charge in [-0.1, -0.05) is 11.8 Å². The van der Waals surface area contributed by atoms with Crippen LogP contribution in [0.15, 0.2) is 5.16 Å². The van der Waals surface area contributed by atoms with Gasteiger partial charge in [0.05, 0.1) is 18.8 Å². The van der Waals surface area contributed by atoms with Crippen molar-refractivity contribution < 1.29 is 14.3 Å². The number of carbonyl (C=O) groups excluding carboxylic acids is 2. The van der Waals surface area contributed by atoms with Gasteiger partial charge in [0.25, 0.3) is 0 Å². The maximum absolute atomic E-state index is 11.7. The molecule has 0 atom stereocenters. The first-order chi connectivity index (χ1) is 9.43. The molecule has 0 aliphatic carbocycles. The molecule has 0 radical (unpaired) electrons. The molecule has 1 heterocycles. The fourth-order valence-corrected chi connectivity index (χ4v) is 2.34. The van der Waals surface area contributed by atoms with Crippen molar-refractivity contribution in [3.63, 3.8) is 0 Å². The first-order valence-electron chi connectivity index (χ1n) is 6.56. The lowest BCUT2D eigenvalue weighted by Gasteiger charge is -2.06. The highest BCUT2D eigenvalue weighted by molar-refractivity contribution is 7.99. The lowest BCUT2D eigenvalue weighted by Crippen LogP contribution is -2.09. The van der Waals surface area contributed by atoms with Crippen LogP contribution >= 0.6 is 11.8 Å². The van der Waals surface area contributed by atoms with Gasteiger partial charge in [-0.05, 0) is 33.3 Å². The van der Waals surface area contributed by atoms with Crippen molar-refractivity contribution in [1.29, 1.82) is 0 Å². The maximum Gasteiger partial charge on any atom is 0.306 e. The van der Waals surface area contributed by atoms with Crippen LogP contribution in [0.2, 0.25) is 0 Å². The van der Waals surface area contributed by atoms with E-state index in [4.69, 9.17) is 4.74 Å². The van der Waals surface area contributed by atoms with E-state index in [1.165, 1.54) is 11.8 Å². The van der Waals surface area contributed by atoms with E-state index in [9.17, 15) is 9.59 Å². The van der Waals surface area contributed by atoms with Gasteiger partial charge < -0.3 is 4.74 Å². The number of aryl methyl sites for hydroxylation is 2. The number of hydrogen-bond donors (Lipinski definition) is 0. The summed E-state index contributed by atoms with van der Waals surface area (Å²) in [7, 11) is 0. The van der Waals surface area contributed by atoms with Crippen LogP contribution in [0, 0.1) is 20.8 Å². The molecule has 1 rings (SSSR count). The van der Waals surface area contributed by atoms with Gasteiger partial charge in [-0.2, -0.15) is 0 Å². The van der Waals surface area contributed by atoms with Crippen LogP contribution in [0.1, 0.15) is 36.7 Å². The molecule has 0 spiro atoms. The standard InChI is InChI=1S/C14H20N2O3S/c1-5-19-13(18)7-6-12(17)8-20-14-15-10(3)9(2)11(4)16-14/h5-8H2,1-4H3. The quantitative estimate of drug-likeness (QED) is 0.437. The van der Waals surface area contributed by atoms with Crippen molar-refractivity contribution in [2.24, 2.45) is 0 Å². The number of nitrogens with zero attached hydrogens (tertiary/aromatic N) is 2. The summed E-state index contributed by atoms with van der Waals surface area (Å²) in [6.45, 7) is 7.92. The van der Waals surface area contributed by atoms with Crippen LogP contribution in [0.4, 0.5) is 0 Å². The first kappa shape index (κ1) is 16.6. The Morgan fingerprint density at radius 2 is 1.70 bits per heavy atom. The molecule has 110 valence electrons. The highest BCUT2D eigenvalue weighted by atomic mass is 32.2. The average Bonchev–Trinajstić information content (AvgIpc) is 2.40. The van der Waals surface area contributed by atoms with Crippen LogP contribution in [0.3, 0.4) is 0 Å². The molecule has 0 aliphatic rings. The van der Waals surface area contributed by atoms with Crippen LogP contribution in [-0.4, -0.2) is 34.1 Å². The molecule has 5 nitrogen and oxygen atoms in total. The number of thioether (sulfide) groups is 1. The maximum atomic E-state index is 11.7. The second kappa shape index (κ2) is 7.99. The number of ketones is 1. The third-order valence-corrected chi connectivity index (χ3v) is 3.79. The summed E-state index contributed by atoms with van der Waals surface area (Å²) in [4.78, 5) is 31.5. The third kappa shape index (κ3) is 5.28. The molecule has 0 fully saturated rings. The van der Waals surface area contributed by atoms with Crippen molar-refractivity contribution in [3.8, 4) is 0 Å². The monoisotopic (exact) mass is 296 g/mol. The third-order valence-electron chi connectivity index (χ3n) is 2.89. The van der Waals surface area contributed by atoms with Gasteiger partial charge in [-0.15, -0.1) is 0 Å². The van der Waals surface area contributed by atoms with Crippen molar-refractivity contribution in [3.05, 3.63) is 17.0 Å². The predicted octanol–water partition coefficient (Wildman–Crippen LogP) is 2.41. The Bertz CT molecular complexity index is 480. The molecule has 0 saturated carbocycles. The SMILES string of the molecule is CCOC(=O)CCC(=O)CSc1nc(C)c(C)c(C)n1. The van der Waals surface area contributed by atoms with Gasteiger partial charge in [-0.25, -0.2) is 9.97 Å². The van der Waals surface area contributed by atoms with Gasteiger partial charge in [0.1, 0.15) is 5.78 Å². The van der Waals surface area contributed by atoms with Crippen molar-refractivity contribution >= 4 is 23.5 Å². The minimum Gasteiger partial charge on any atom is -0.466 e. The molecular formula is C14H20N2O3S. The number of esters is 1. The van der Waals surface area contributed by atoms with Crippen molar-refractivity contribution in [2.45, 2.75) is 45.7 Å². The van der Waals surface area contributed by atoms with E-state index in [-0.39, 0.29) is 30.3 Å². The topological polar surface area (TPSA) is 69.2 Å².